The Hall–Kier alpha value is -2.82. The van der Waals surface area contributed by atoms with Gasteiger partial charge in [0.25, 0.3) is 0 Å². The number of hydrogen-bond donors (Lipinski definition) is 2. The smallest absolute Gasteiger partial charge is 0.339 e. The van der Waals surface area contributed by atoms with Crippen molar-refractivity contribution in [2.75, 3.05) is 7.11 Å². The third-order valence-corrected chi connectivity index (χ3v) is 2.84. The number of methoxy groups -OCH3 is 1. The Morgan fingerprint density at radius 1 is 1.05 bits per heavy atom. The summed E-state index contributed by atoms with van der Waals surface area (Å²) in [4.78, 5) is 22.5. The summed E-state index contributed by atoms with van der Waals surface area (Å²) in [6.45, 7) is 0. The van der Waals surface area contributed by atoms with Crippen molar-refractivity contribution in [3.8, 4) is 16.9 Å². The Bertz CT molecular complexity index is 676. The van der Waals surface area contributed by atoms with Crippen LogP contribution in [-0.4, -0.2) is 29.3 Å². The summed E-state index contributed by atoms with van der Waals surface area (Å²) < 4.78 is 4.64. The number of ether oxygens (including phenoxy) is 1. The number of carbonyl (C=O) groups excluding carboxylic acids is 1. The number of carboxylic acids is 1. The van der Waals surface area contributed by atoms with Gasteiger partial charge in [0.1, 0.15) is 11.3 Å². The zero-order chi connectivity index (χ0) is 14.7. The van der Waals surface area contributed by atoms with E-state index in [-0.39, 0.29) is 11.3 Å². The molecule has 0 bridgehead atoms. The van der Waals surface area contributed by atoms with Gasteiger partial charge in [-0.05, 0) is 35.4 Å². The zero-order valence-electron chi connectivity index (χ0n) is 10.7. The number of hydrogen-bond acceptors (Lipinski definition) is 4. The molecule has 2 aromatic carbocycles. The van der Waals surface area contributed by atoms with E-state index in [2.05, 4.69) is 4.74 Å². The Kier molecular flexibility index (Phi) is 3.70. The minimum atomic E-state index is -1.21. The molecule has 0 spiro atoms. The third-order valence-electron chi connectivity index (χ3n) is 2.84. The van der Waals surface area contributed by atoms with Crippen molar-refractivity contribution in [3.63, 3.8) is 0 Å². The highest BCUT2D eigenvalue weighted by Crippen LogP contribution is 2.26. The van der Waals surface area contributed by atoms with Crippen molar-refractivity contribution in [1.82, 2.24) is 0 Å². The van der Waals surface area contributed by atoms with Gasteiger partial charge in [-0.25, -0.2) is 9.59 Å². The van der Waals surface area contributed by atoms with Gasteiger partial charge in [0.15, 0.2) is 0 Å². The second-order valence-electron chi connectivity index (χ2n) is 4.11. The molecule has 0 heterocycles. The average molecular weight is 272 g/mol. The fourth-order valence-corrected chi connectivity index (χ4v) is 1.83. The molecule has 2 aromatic rings. The third kappa shape index (κ3) is 2.61. The molecule has 0 aliphatic carbocycles. The molecular formula is C15H12O5. The van der Waals surface area contributed by atoms with E-state index in [9.17, 15) is 14.7 Å². The summed E-state index contributed by atoms with van der Waals surface area (Å²) in [7, 11) is 1.29. The van der Waals surface area contributed by atoms with Crippen LogP contribution in [0.1, 0.15) is 20.7 Å². The quantitative estimate of drug-likeness (QED) is 0.839. The largest absolute Gasteiger partial charge is 0.507 e. The summed E-state index contributed by atoms with van der Waals surface area (Å²) in [5.74, 6) is -1.98. The highest BCUT2D eigenvalue weighted by molar-refractivity contribution is 5.94. The first-order chi connectivity index (χ1) is 9.52. The van der Waals surface area contributed by atoms with E-state index in [1.54, 1.807) is 30.3 Å². The Morgan fingerprint density at radius 2 is 1.75 bits per heavy atom. The lowest BCUT2D eigenvalue weighted by Crippen LogP contribution is -2.01. The van der Waals surface area contributed by atoms with Crippen molar-refractivity contribution < 1.29 is 24.5 Å². The molecule has 0 atom stereocenters. The highest BCUT2D eigenvalue weighted by Gasteiger charge is 2.12. The van der Waals surface area contributed by atoms with Gasteiger partial charge in [0.05, 0.1) is 12.7 Å². The van der Waals surface area contributed by atoms with Crippen LogP contribution in [0, 0.1) is 0 Å². The van der Waals surface area contributed by atoms with E-state index in [1.807, 2.05) is 0 Å². The van der Waals surface area contributed by atoms with E-state index in [0.717, 1.165) is 0 Å². The van der Waals surface area contributed by atoms with Crippen LogP contribution >= 0.6 is 0 Å². The molecule has 20 heavy (non-hydrogen) atoms. The molecule has 5 heteroatoms. The fraction of sp³-hybridized carbons (Fsp3) is 0.0667. The summed E-state index contributed by atoms with van der Waals surface area (Å²) in [6, 6.07) is 10.9. The monoisotopic (exact) mass is 272 g/mol. The number of aromatic hydroxyl groups is 1. The van der Waals surface area contributed by atoms with Crippen LogP contribution in [0.4, 0.5) is 0 Å². The van der Waals surface area contributed by atoms with Gasteiger partial charge < -0.3 is 14.9 Å². The van der Waals surface area contributed by atoms with Crippen molar-refractivity contribution in [2.45, 2.75) is 0 Å². The molecule has 0 amide bonds. The van der Waals surface area contributed by atoms with Gasteiger partial charge >= 0.3 is 11.9 Å². The van der Waals surface area contributed by atoms with E-state index >= 15 is 0 Å². The maximum absolute atomic E-state index is 11.5. The van der Waals surface area contributed by atoms with Gasteiger partial charge in [-0.2, -0.15) is 0 Å². The molecule has 0 aliphatic rings. The maximum Gasteiger partial charge on any atom is 0.339 e. The lowest BCUT2D eigenvalue weighted by molar-refractivity contribution is 0.0599. The Morgan fingerprint density at radius 3 is 2.40 bits per heavy atom. The van der Waals surface area contributed by atoms with E-state index in [1.165, 1.54) is 19.2 Å². The van der Waals surface area contributed by atoms with Crippen LogP contribution < -0.4 is 0 Å². The van der Waals surface area contributed by atoms with Crippen molar-refractivity contribution in [3.05, 3.63) is 53.6 Å². The predicted octanol–water partition coefficient (Wildman–Crippen LogP) is 2.54. The second-order valence-corrected chi connectivity index (χ2v) is 4.11. The zero-order valence-corrected chi connectivity index (χ0v) is 10.7. The average Bonchev–Trinajstić information content (AvgIpc) is 2.46. The number of phenols is 1. The minimum absolute atomic E-state index is 0.189. The first-order valence-corrected chi connectivity index (χ1v) is 5.78. The molecule has 5 nitrogen and oxygen atoms in total. The fourth-order valence-electron chi connectivity index (χ4n) is 1.83. The van der Waals surface area contributed by atoms with Gasteiger partial charge in [-0.3, -0.25) is 0 Å². The van der Waals surface area contributed by atoms with Gasteiger partial charge in [-0.15, -0.1) is 0 Å². The van der Waals surface area contributed by atoms with Gasteiger partial charge in [-0.1, -0.05) is 18.2 Å². The van der Waals surface area contributed by atoms with Crippen molar-refractivity contribution >= 4 is 11.9 Å². The van der Waals surface area contributed by atoms with Crippen molar-refractivity contribution in [2.24, 2.45) is 0 Å². The number of carbonyl (C=O) groups is 2. The lowest BCUT2D eigenvalue weighted by atomic mass is 10.0. The van der Waals surface area contributed by atoms with Gasteiger partial charge in [0.2, 0.25) is 0 Å². The molecule has 0 aromatic heterocycles. The molecule has 0 unspecified atom stereocenters. The minimum Gasteiger partial charge on any atom is -0.507 e. The normalized spacial score (nSPS) is 10.1. The van der Waals surface area contributed by atoms with Crippen LogP contribution in [0.2, 0.25) is 0 Å². The summed E-state index contributed by atoms with van der Waals surface area (Å²) >= 11 is 0. The van der Waals surface area contributed by atoms with Crippen LogP contribution in [0.5, 0.6) is 5.75 Å². The van der Waals surface area contributed by atoms with Crippen molar-refractivity contribution in [1.29, 1.82) is 0 Å². The number of carboxylic acid groups (broad SMARTS) is 1. The molecule has 2 rings (SSSR count). The van der Waals surface area contributed by atoms with Crippen LogP contribution in [-0.2, 0) is 4.74 Å². The molecule has 0 radical (unpaired) electrons. The SMILES string of the molecule is COC(=O)c1cccc(-c2ccc(O)c(C(=O)O)c2)c1. The first-order valence-electron chi connectivity index (χ1n) is 5.78. The molecule has 0 saturated carbocycles. The van der Waals surface area contributed by atoms with Crippen LogP contribution in [0.25, 0.3) is 11.1 Å². The van der Waals surface area contributed by atoms with E-state index in [0.29, 0.717) is 16.7 Å². The molecule has 102 valence electrons. The second kappa shape index (κ2) is 5.44. The van der Waals surface area contributed by atoms with Crippen LogP contribution in [0.3, 0.4) is 0 Å². The highest BCUT2D eigenvalue weighted by atomic mass is 16.5. The molecule has 2 N–H and O–H groups in total. The summed E-state index contributed by atoms with van der Waals surface area (Å²) in [5, 5.41) is 18.5. The van der Waals surface area contributed by atoms with Crippen LogP contribution in [0.15, 0.2) is 42.5 Å². The Labute approximate surface area is 115 Å². The summed E-state index contributed by atoms with van der Waals surface area (Å²) in [6.07, 6.45) is 0. The standard InChI is InChI=1S/C15H12O5/c1-20-15(19)11-4-2-3-9(7-11)10-5-6-13(16)12(8-10)14(17)18/h2-8,16H,1H3,(H,17,18). The summed E-state index contributed by atoms with van der Waals surface area (Å²) in [5.41, 5.74) is 1.43. The molecule has 0 fully saturated rings. The van der Waals surface area contributed by atoms with E-state index in [4.69, 9.17) is 5.11 Å². The van der Waals surface area contributed by atoms with Gasteiger partial charge in [0, 0.05) is 0 Å². The number of esters is 1. The first kappa shape index (κ1) is 13.6. The number of benzene rings is 2. The lowest BCUT2D eigenvalue weighted by Gasteiger charge is -2.06. The predicted molar refractivity (Wildman–Crippen MR) is 71.8 cm³/mol. The molecule has 0 saturated heterocycles. The Balaban J connectivity index is 2.49. The number of aromatic carboxylic acids is 1. The molecule has 0 aliphatic heterocycles. The topological polar surface area (TPSA) is 83.8 Å². The molecular weight excluding hydrogens is 260 g/mol. The maximum atomic E-state index is 11.5. The van der Waals surface area contributed by atoms with E-state index < -0.39 is 11.9 Å². The number of rotatable bonds is 3.